The normalized spacial score (nSPS) is 19.1. The van der Waals surface area contributed by atoms with Gasteiger partial charge in [-0.25, -0.2) is 12.7 Å². The largest absolute Gasteiger partial charge is 0.374 e. The maximum absolute atomic E-state index is 12.3. The molecule has 8 heteroatoms. The van der Waals surface area contributed by atoms with Crippen molar-refractivity contribution in [3.05, 3.63) is 29.8 Å². The fourth-order valence-corrected chi connectivity index (χ4v) is 3.79. The molecular weight excluding hydrogens is 354 g/mol. The van der Waals surface area contributed by atoms with Gasteiger partial charge in [-0.3, -0.25) is 9.69 Å². The molecular formula is C18H29N3O4S. The van der Waals surface area contributed by atoms with Crippen LogP contribution in [0.4, 0.5) is 0 Å². The molecule has 0 aromatic heterocycles. The Kier molecular flexibility index (Phi) is 7.16. The van der Waals surface area contributed by atoms with E-state index in [1.54, 1.807) is 0 Å². The van der Waals surface area contributed by atoms with Crippen LogP contribution in [0.25, 0.3) is 0 Å². The van der Waals surface area contributed by atoms with Crippen LogP contribution < -0.4 is 5.32 Å². The zero-order chi connectivity index (χ0) is 19.3. The summed E-state index contributed by atoms with van der Waals surface area (Å²) >= 11 is 0. The zero-order valence-electron chi connectivity index (χ0n) is 15.9. The number of nitrogens with zero attached hydrogens (tertiary/aromatic N) is 2. The maximum Gasteiger partial charge on any atom is 0.251 e. The van der Waals surface area contributed by atoms with E-state index in [1.807, 2.05) is 0 Å². The van der Waals surface area contributed by atoms with Crippen molar-refractivity contribution >= 4 is 15.9 Å². The minimum atomic E-state index is -3.49. The van der Waals surface area contributed by atoms with Gasteiger partial charge in [0, 0.05) is 45.8 Å². The van der Waals surface area contributed by atoms with Crippen LogP contribution in [0.1, 0.15) is 24.2 Å². The van der Waals surface area contributed by atoms with Crippen molar-refractivity contribution < 1.29 is 17.9 Å². The van der Waals surface area contributed by atoms with E-state index in [-0.39, 0.29) is 16.9 Å². The number of carbonyl (C=O) groups is 1. The third-order valence-electron chi connectivity index (χ3n) is 4.23. The SMILES string of the molecule is CC(C)CN1CCO[C@H](CNC(=O)c2ccc(S(=O)(=O)N(C)C)cc2)C1. The van der Waals surface area contributed by atoms with Crippen LogP contribution in [-0.4, -0.2) is 76.5 Å². The lowest BCUT2D eigenvalue weighted by atomic mass is 10.1. The Labute approximate surface area is 156 Å². The number of hydrogen-bond donors (Lipinski definition) is 1. The number of amides is 1. The van der Waals surface area contributed by atoms with E-state index < -0.39 is 10.0 Å². The average Bonchev–Trinajstić information content (AvgIpc) is 2.59. The molecule has 0 unspecified atom stereocenters. The quantitative estimate of drug-likeness (QED) is 0.761. The number of morpholine rings is 1. The Morgan fingerprint density at radius 2 is 1.96 bits per heavy atom. The van der Waals surface area contributed by atoms with Crippen LogP contribution >= 0.6 is 0 Å². The van der Waals surface area contributed by atoms with Crippen LogP contribution in [0.15, 0.2) is 29.2 Å². The molecule has 1 N–H and O–H groups in total. The van der Waals surface area contributed by atoms with Crippen molar-refractivity contribution in [2.24, 2.45) is 5.92 Å². The molecule has 0 spiro atoms. The van der Waals surface area contributed by atoms with Gasteiger partial charge < -0.3 is 10.1 Å². The topological polar surface area (TPSA) is 79.0 Å². The number of ether oxygens (including phenoxy) is 1. The van der Waals surface area contributed by atoms with Crippen molar-refractivity contribution in [2.75, 3.05) is 46.9 Å². The molecule has 1 aromatic carbocycles. The third kappa shape index (κ3) is 5.51. The highest BCUT2D eigenvalue weighted by atomic mass is 32.2. The molecule has 0 bridgehead atoms. The lowest BCUT2D eigenvalue weighted by Gasteiger charge is -2.33. The van der Waals surface area contributed by atoms with Crippen molar-refractivity contribution in [1.82, 2.24) is 14.5 Å². The Morgan fingerprint density at radius 3 is 2.54 bits per heavy atom. The summed E-state index contributed by atoms with van der Waals surface area (Å²) in [5.41, 5.74) is 0.428. The predicted octanol–water partition coefficient (Wildman–Crippen LogP) is 1.02. The van der Waals surface area contributed by atoms with Crippen LogP contribution in [-0.2, 0) is 14.8 Å². The van der Waals surface area contributed by atoms with Gasteiger partial charge >= 0.3 is 0 Å². The Bertz CT molecular complexity index is 702. The van der Waals surface area contributed by atoms with Gasteiger partial charge in [0.15, 0.2) is 0 Å². The molecule has 0 aliphatic carbocycles. The first-order valence-corrected chi connectivity index (χ1v) is 10.3. The van der Waals surface area contributed by atoms with E-state index in [4.69, 9.17) is 4.74 Å². The molecule has 2 rings (SSSR count). The number of benzene rings is 1. The fourth-order valence-electron chi connectivity index (χ4n) is 2.88. The first-order chi connectivity index (χ1) is 12.2. The highest BCUT2D eigenvalue weighted by Crippen LogP contribution is 2.14. The molecule has 1 aliphatic rings. The van der Waals surface area contributed by atoms with E-state index in [2.05, 4.69) is 24.1 Å². The smallest absolute Gasteiger partial charge is 0.251 e. The highest BCUT2D eigenvalue weighted by Gasteiger charge is 2.22. The summed E-state index contributed by atoms with van der Waals surface area (Å²) in [5.74, 6) is 0.365. The predicted molar refractivity (Wildman–Crippen MR) is 101 cm³/mol. The molecule has 7 nitrogen and oxygen atoms in total. The van der Waals surface area contributed by atoms with Crippen molar-refractivity contribution in [3.63, 3.8) is 0 Å². The van der Waals surface area contributed by atoms with Crippen LogP contribution in [0.5, 0.6) is 0 Å². The maximum atomic E-state index is 12.3. The highest BCUT2D eigenvalue weighted by molar-refractivity contribution is 7.89. The van der Waals surface area contributed by atoms with Crippen molar-refractivity contribution in [1.29, 1.82) is 0 Å². The summed E-state index contributed by atoms with van der Waals surface area (Å²) in [7, 11) is -0.539. The molecule has 0 radical (unpaired) electrons. The number of rotatable bonds is 7. The summed E-state index contributed by atoms with van der Waals surface area (Å²) in [5, 5.41) is 2.87. The summed E-state index contributed by atoms with van der Waals surface area (Å²) < 4.78 is 31.0. The molecule has 1 aromatic rings. The van der Waals surface area contributed by atoms with Gasteiger partial charge in [-0.15, -0.1) is 0 Å². The first kappa shape index (κ1) is 20.8. The molecule has 26 heavy (non-hydrogen) atoms. The average molecular weight is 384 g/mol. The lowest BCUT2D eigenvalue weighted by Crippen LogP contribution is -2.48. The minimum absolute atomic E-state index is 0.0279. The second-order valence-electron chi connectivity index (χ2n) is 7.17. The number of sulfonamides is 1. The van der Waals surface area contributed by atoms with E-state index >= 15 is 0 Å². The summed E-state index contributed by atoms with van der Waals surface area (Å²) in [6, 6.07) is 5.95. The molecule has 1 atom stereocenters. The molecule has 1 saturated heterocycles. The molecule has 1 heterocycles. The van der Waals surface area contributed by atoms with Gasteiger partial charge in [0.05, 0.1) is 17.6 Å². The van der Waals surface area contributed by atoms with Gasteiger partial charge in [-0.05, 0) is 30.2 Å². The number of hydrogen-bond acceptors (Lipinski definition) is 5. The molecule has 1 fully saturated rings. The monoisotopic (exact) mass is 383 g/mol. The van der Waals surface area contributed by atoms with E-state index in [9.17, 15) is 13.2 Å². The summed E-state index contributed by atoms with van der Waals surface area (Å²) in [6.45, 7) is 8.23. The molecule has 1 amide bonds. The number of nitrogens with one attached hydrogen (secondary N) is 1. The zero-order valence-corrected chi connectivity index (χ0v) is 16.8. The Morgan fingerprint density at radius 1 is 1.31 bits per heavy atom. The molecule has 0 saturated carbocycles. The van der Waals surface area contributed by atoms with Crippen molar-refractivity contribution in [3.8, 4) is 0 Å². The molecule has 1 aliphatic heterocycles. The third-order valence-corrected chi connectivity index (χ3v) is 6.06. The van der Waals surface area contributed by atoms with Gasteiger partial charge in [-0.2, -0.15) is 0 Å². The van der Waals surface area contributed by atoms with Crippen LogP contribution in [0.3, 0.4) is 0 Å². The van der Waals surface area contributed by atoms with Gasteiger partial charge in [0.1, 0.15) is 0 Å². The van der Waals surface area contributed by atoms with Crippen LogP contribution in [0, 0.1) is 5.92 Å². The van der Waals surface area contributed by atoms with E-state index in [0.29, 0.717) is 24.6 Å². The van der Waals surface area contributed by atoms with Gasteiger partial charge in [0.25, 0.3) is 5.91 Å². The second kappa shape index (κ2) is 8.94. The fraction of sp³-hybridized carbons (Fsp3) is 0.611. The Hall–Kier alpha value is -1.48. The standard InChI is InChI=1S/C18H29N3O4S/c1-14(2)12-21-9-10-25-16(13-21)11-19-18(22)15-5-7-17(8-6-15)26(23,24)20(3)4/h5-8,14,16H,9-13H2,1-4H3,(H,19,22)/t16-/m1/s1. The summed E-state index contributed by atoms with van der Waals surface area (Å²) in [6.07, 6.45) is -0.0279. The van der Waals surface area contributed by atoms with Crippen molar-refractivity contribution in [2.45, 2.75) is 24.8 Å². The first-order valence-electron chi connectivity index (χ1n) is 8.85. The molecule has 146 valence electrons. The minimum Gasteiger partial charge on any atom is -0.374 e. The van der Waals surface area contributed by atoms with Gasteiger partial charge in [-0.1, -0.05) is 13.8 Å². The second-order valence-corrected chi connectivity index (χ2v) is 9.32. The van der Waals surface area contributed by atoms with E-state index in [0.717, 1.165) is 23.9 Å². The lowest BCUT2D eigenvalue weighted by molar-refractivity contribution is -0.0295. The number of carbonyl (C=O) groups excluding carboxylic acids is 1. The van der Waals surface area contributed by atoms with E-state index in [1.165, 1.54) is 38.4 Å². The summed E-state index contributed by atoms with van der Waals surface area (Å²) in [4.78, 5) is 14.8. The van der Waals surface area contributed by atoms with Crippen LogP contribution in [0.2, 0.25) is 0 Å². The van der Waals surface area contributed by atoms with Gasteiger partial charge in [0.2, 0.25) is 10.0 Å². The Balaban J connectivity index is 1.90.